The van der Waals surface area contributed by atoms with Gasteiger partial charge in [0.15, 0.2) is 0 Å². The molecule has 0 rings (SSSR count). The molecule has 2 nitrogen and oxygen atoms in total. The molecule has 0 heterocycles. The summed E-state index contributed by atoms with van der Waals surface area (Å²) in [5.74, 6) is 0.898. The molecule has 0 aromatic carbocycles. The Bertz CT molecular complexity index is 119. The Labute approximate surface area is 131 Å². The summed E-state index contributed by atoms with van der Waals surface area (Å²) in [6.45, 7) is 8.76. The van der Waals surface area contributed by atoms with Crippen LogP contribution in [-0.4, -0.2) is 13.2 Å². The van der Waals surface area contributed by atoms with E-state index in [9.17, 15) is 10.2 Å². The van der Waals surface area contributed by atoms with Crippen molar-refractivity contribution in [2.75, 3.05) is 13.2 Å². The van der Waals surface area contributed by atoms with Crippen molar-refractivity contribution >= 4 is 0 Å². The molecule has 0 aliphatic carbocycles. The molecule has 0 N–H and O–H groups in total. The third-order valence-electron chi connectivity index (χ3n) is 3.56. The van der Waals surface area contributed by atoms with Crippen LogP contribution in [0.3, 0.4) is 0 Å². The van der Waals surface area contributed by atoms with Crippen molar-refractivity contribution in [1.29, 1.82) is 0 Å². The van der Waals surface area contributed by atoms with Crippen LogP contribution in [0.4, 0.5) is 0 Å². The Morgan fingerprint density at radius 1 is 0.684 bits per heavy atom. The van der Waals surface area contributed by atoms with Crippen LogP contribution >= 0.6 is 0 Å². The fraction of sp³-hybridized carbons (Fsp3) is 1.00. The molecule has 3 heteroatoms. The quantitative estimate of drug-likeness (QED) is 0.582. The van der Waals surface area contributed by atoms with Gasteiger partial charge in [-0.3, -0.25) is 0 Å². The Kier molecular flexibility index (Phi) is 26.7. The van der Waals surface area contributed by atoms with E-state index in [0.717, 1.165) is 25.7 Å². The van der Waals surface area contributed by atoms with Crippen molar-refractivity contribution in [3.8, 4) is 0 Å². The molecule has 19 heavy (non-hydrogen) atoms. The first-order valence-corrected chi connectivity index (χ1v) is 7.86. The number of hydrogen-bond acceptors (Lipinski definition) is 2. The molecular weight excluding hydrogens is 279 g/mol. The van der Waals surface area contributed by atoms with Gasteiger partial charge in [0.05, 0.1) is 0 Å². The van der Waals surface area contributed by atoms with E-state index < -0.39 is 0 Å². The summed E-state index contributed by atoms with van der Waals surface area (Å²) < 4.78 is 0. The maximum Gasteiger partial charge on any atom is 2.00 e. The zero-order valence-electron chi connectivity index (χ0n) is 13.4. The number of rotatable bonds is 10. The molecule has 0 bridgehead atoms. The van der Waals surface area contributed by atoms with Gasteiger partial charge >= 0.3 is 17.1 Å². The van der Waals surface area contributed by atoms with Crippen LogP contribution in [0, 0.1) is 11.8 Å². The van der Waals surface area contributed by atoms with Crippen molar-refractivity contribution in [2.24, 2.45) is 11.8 Å². The first-order chi connectivity index (χ1) is 8.69. The van der Waals surface area contributed by atoms with Gasteiger partial charge in [-0.15, -0.1) is 13.2 Å². The van der Waals surface area contributed by atoms with Gasteiger partial charge in [0.25, 0.3) is 0 Å². The van der Waals surface area contributed by atoms with Gasteiger partial charge in [0, 0.05) is 0 Å². The third-order valence-corrected chi connectivity index (χ3v) is 3.56. The van der Waals surface area contributed by atoms with Crippen LogP contribution in [0.5, 0.6) is 0 Å². The predicted octanol–water partition coefficient (Wildman–Crippen LogP) is 3.12. The second kappa shape index (κ2) is 20.8. The van der Waals surface area contributed by atoms with E-state index in [4.69, 9.17) is 0 Å². The van der Waals surface area contributed by atoms with Crippen LogP contribution in [0.2, 0.25) is 0 Å². The second-order valence-electron chi connectivity index (χ2n) is 5.17. The molecule has 2 unspecified atom stereocenters. The number of unbranched alkanes of at least 4 members (excludes halogenated alkanes) is 2. The van der Waals surface area contributed by atoms with E-state index in [2.05, 4.69) is 27.7 Å². The smallest absolute Gasteiger partial charge is 0.854 e. The summed E-state index contributed by atoms with van der Waals surface area (Å²) in [5, 5.41) is 20.7. The summed E-state index contributed by atoms with van der Waals surface area (Å²) >= 11 is 0. The van der Waals surface area contributed by atoms with Crippen molar-refractivity contribution in [1.82, 2.24) is 0 Å². The van der Waals surface area contributed by atoms with E-state index >= 15 is 0 Å². The van der Waals surface area contributed by atoms with Gasteiger partial charge in [0.1, 0.15) is 0 Å². The van der Waals surface area contributed by atoms with Crippen LogP contribution in [0.15, 0.2) is 0 Å². The van der Waals surface area contributed by atoms with Gasteiger partial charge in [-0.1, -0.05) is 90.9 Å². The molecule has 1 radical (unpaired) electrons. The first-order valence-electron chi connectivity index (χ1n) is 7.86. The maximum atomic E-state index is 10.4. The minimum absolute atomic E-state index is 0. The molecular formula is C16H34MnO2. The largest absolute Gasteiger partial charge is 2.00 e. The van der Waals surface area contributed by atoms with Crippen LogP contribution in [0.1, 0.15) is 79.1 Å². The molecule has 0 aromatic rings. The minimum atomic E-state index is 0. The fourth-order valence-electron chi connectivity index (χ4n) is 1.80. The zero-order valence-corrected chi connectivity index (χ0v) is 14.6. The third kappa shape index (κ3) is 18.4. The normalized spacial score (nSPS) is 12.9. The molecule has 2 atom stereocenters. The Balaban J connectivity index is -0.000000256. The summed E-state index contributed by atoms with van der Waals surface area (Å²) in [7, 11) is 0. The van der Waals surface area contributed by atoms with Gasteiger partial charge in [-0.2, -0.15) is 0 Å². The van der Waals surface area contributed by atoms with E-state index in [0.29, 0.717) is 11.8 Å². The molecule has 0 spiro atoms. The molecule has 0 aromatic heterocycles. The average molecular weight is 313 g/mol. The summed E-state index contributed by atoms with van der Waals surface area (Å²) in [6.07, 6.45) is 9.27. The molecule has 0 fully saturated rings. The molecule has 0 saturated heterocycles. The Morgan fingerprint density at radius 2 is 1.00 bits per heavy atom. The monoisotopic (exact) mass is 313 g/mol. The van der Waals surface area contributed by atoms with E-state index in [-0.39, 0.29) is 30.3 Å². The summed E-state index contributed by atoms with van der Waals surface area (Å²) in [4.78, 5) is 0. The number of hydrogen-bond donors (Lipinski definition) is 0. The van der Waals surface area contributed by atoms with Crippen molar-refractivity contribution < 1.29 is 27.3 Å². The first kappa shape index (κ1) is 24.5. The molecule has 117 valence electrons. The van der Waals surface area contributed by atoms with E-state index in [1.165, 1.54) is 25.7 Å². The van der Waals surface area contributed by atoms with Crippen molar-refractivity contribution in [3.63, 3.8) is 0 Å². The van der Waals surface area contributed by atoms with Gasteiger partial charge < -0.3 is 10.2 Å². The standard InChI is InChI=1S/2C8H17O.Mn/c2*1-3-5-6-8(4-2)7-9;/h2*8H,3-7H2,1-2H3;/q2*-1;+2. The van der Waals surface area contributed by atoms with Crippen molar-refractivity contribution in [3.05, 3.63) is 0 Å². The topological polar surface area (TPSA) is 46.1 Å². The SMILES string of the molecule is CCCCC(CC)C[O-].CCCCC(CC)C[O-].[Mn+2]. The minimum Gasteiger partial charge on any atom is -0.854 e. The van der Waals surface area contributed by atoms with E-state index in [1.54, 1.807) is 0 Å². The van der Waals surface area contributed by atoms with Gasteiger partial charge in [-0.05, 0) is 0 Å². The molecule has 0 aliphatic heterocycles. The van der Waals surface area contributed by atoms with Crippen LogP contribution in [0.25, 0.3) is 0 Å². The Morgan fingerprint density at radius 3 is 1.16 bits per heavy atom. The van der Waals surface area contributed by atoms with Crippen LogP contribution in [-0.2, 0) is 17.1 Å². The second-order valence-corrected chi connectivity index (χ2v) is 5.17. The molecule has 0 saturated carbocycles. The zero-order chi connectivity index (χ0) is 14.2. The predicted molar refractivity (Wildman–Crippen MR) is 76.3 cm³/mol. The van der Waals surface area contributed by atoms with Gasteiger partial charge in [0.2, 0.25) is 0 Å². The average Bonchev–Trinajstić information content (AvgIpc) is 2.42. The van der Waals surface area contributed by atoms with Crippen LogP contribution < -0.4 is 10.2 Å². The van der Waals surface area contributed by atoms with Gasteiger partial charge in [-0.25, -0.2) is 0 Å². The maximum absolute atomic E-state index is 10.4. The summed E-state index contributed by atoms with van der Waals surface area (Å²) in [5.41, 5.74) is 0. The molecule has 0 aliphatic rings. The fourth-order valence-corrected chi connectivity index (χ4v) is 1.80. The van der Waals surface area contributed by atoms with Crippen molar-refractivity contribution in [2.45, 2.75) is 79.1 Å². The van der Waals surface area contributed by atoms with E-state index in [1.807, 2.05) is 0 Å². The summed E-state index contributed by atoms with van der Waals surface area (Å²) in [6, 6.07) is 0. The molecule has 0 amide bonds. The Hall–Kier alpha value is 0.439.